The van der Waals surface area contributed by atoms with Gasteiger partial charge in [0.05, 0.1) is 19.0 Å². The summed E-state index contributed by atoms with van der Waals surface area (Å²) in [5.74, 6) is 0.398. The highest BCUT2D eigenvalue weighted by atomic mass is 35.5. The lowest BCUT2D eigenvalue weighted by Crippen LogP contribution is -2.55. The molecule has 0 radical (unpaired) electrons. The summed E-state index contributed by atoms with van der Waals surface area (Å²) >= 11 is 5.66. The lowest BCUT2D eigenvalue weighted by molar-refractivity contribution is -0.00803. The van der Waals surface area contributed by atoms with E-state index in [9.17, 15) is 8.42 Å². The van der Waals surface area contributed by atoms with Crippen molar-refractivity contribution in [1.82, 2.24) is 9.62 Å². The van der Waals surface area contributed by atoms with Crippen LogP contribution in [0.25, 0.3) is 0 Å². The molecule has 0 aliphatic carbocycles. The van der Waals surface area contributed by atoms with E-state index < -0.39 is 10.0 Å². The van der Waals surface area contributed by atoms with Crippen LogP contribution in [0.2, 0.25) is 0 Å². The van der Waals surface area contributed by atoms with Gasteiger partial charge in [-0.25, -0.2) is 13.1 Å². The van der Waals surface area contributed by atoms with Gasteiger partial charge in [-0.1, -0.05) is 6.92 Å². The zero-order valence-electron chi connectivity index (χ0n) is 12.0. The third-order valence-electron chi connectivity index (χ3n) is 3.36. The minimum atomic E-state index is -3.26. The van der Waals surface area contributed by atoms with Crippen LogP contribution in [-0.4, -0.2) is 63.3 Å². The van der Waals surface area contributed by atoms with Crippen molar-refractivity contribution in [3.8, 4) is 0 Å². The summed E-state index contributed by atoms with van der Waals surface area (Å²) in [6.45, 7) is 9.43. The lowest BCUT2D eigenvalue weighted by atomic mass is 10.0. The third-order valence-corrected chi connectivity index (χ3v) is 5.48. The molecule has 0 spiro atoms. The van der Waals surface area contributed by atoms with E-state index in [0.29, 0.717) is 25.6 Å². The molecule has 19 heavy (non-hydrogen) atoms. The first-order chi connectivity index (χ1) is 8.77. The summed E-state index contributed by atoms with van der Waals surface area (Å²) in [6.07, 6.45) is 0. The second-order valence-corrected chi connectivity index (χ2v) is 7.93. The van der Waals surface area contributed by atoms with E-state index >= 15 is 0 Å². The third kappa shape index (κ3) is 5.95. The van der Waals surface area contributed by atoms with Crippen molar-refractivity contribution in [2.75, 3.05) is 44.5 Å². The number of alkyl halides is 1. The van der Waals surface area contributed by atoms with Crippen molar-refractivity contribution in [1.29, 1.82) is 0 Å². The summed E-state index contributed by atoms with van der Waals surface area (Å²) in [5.41, 5.74) is -0.207. The SMILES string of the molecule is CC(CCl)CS(=O)(=O)NCC(C)(C)N1CCOCC1. The maximum atomic E-state index is 11.9. The van der Waals surface area contributed by atoms with Crippen molar-refractivity contribution in [3.63, 3.8) is 0 Å². The maximum Gasteiger partial charge on any atom is 0.211 e. The Bertz CT molecular complexity index is 367. The van der Waals surface area contributed by atoms with Gasteiger partial charge in [-0.2, -0.15) is 0 Å². The Morgan fingerprint density at radius 2 is 1.95 bits per heavy atom. The second kappa shape index (κ2) is 7.22. The number of morpholine rings is 1. The van der Waals surface area contributed by atoms with Crippen LogP contribution in [0, 0.1) is 5.92 Å². The molecule has 0 aromatic heterocycles. The van der Waals surface area contributed by atoms with Crippen LogP contribution in [0.15, 0.2) is 0 Å². The average molecular weight is 313 g/mol. The Balaban J connectivity index is 2.49. The smallest absolute Gasteiger partial charge is 0.211 e. The molecule has 1 fully saturated rings. The predicted octanol–water partition coefficient (Wildman–Crippen LogP) is 0.892. The average Bonchev–Trinajstić information content (AvgIpc) is 2.37. The van der Waals surface area contributed by atoms with Gasteiger partial charge in [-0.3, -0.25) is 4.90 Å². The zero-order valence-corrected chi connectivity index (χ0v) is 13.6. The van der Waals surface area contributed by atoms with E-state index in [4.69, 9.17) is 16.3 Å². The van der Waals surface area contributed by atoms with Crippen LogP contribution in [0.5, 0.6) is 0 Å². The van der Waals surface area contributed by atoms with Crippen molar-refractivity contribution >= 4 is 21.6 Å². The first-order valence-corrected chi connectivity index (χ1v) is 8.81. The summed E-state index contributed by atoms with van der Waals surface area (Å²) < 4.78 is 31.8. The summed E-state index contributed by atoms with van der Waals surface area (Å²) in [4.78, 5) is 2.25. The zero-order chi connectivity index (χ0) is 14.5. The summed E-state index contributed by atoms with van der Waals surface area (Å²) in [5, 5.41) is 0. The molecule has 114 valence electrons. The Hall–Kier alpha value is 0.120. The number of hydrogen-bond acceptors (Lipinski definition) is 4. The van der Waals surface area contributed by atoms with Gasteiger partial charge in [0.15, 0.2) is 0 Å². The van der Waals surface area contributed by atoms with Gasteiger partial charge in [-0.15, -0.1) is 11.6 Å². The second-order valence-electron chi connectivity index (χ2n) is 5.77. The Kier molecular flexibility index (Phi) is 6.53. The number of sulfonamides is 1. The molecule has 5 nitrogen and oxygen atoms in total. The van der Waals surface area contributed by atoms with Gasteiger partial charge >= 0.3 is 0 Å². The Labute approximate surface area is 121 Å². The first-order valence-electron chi connectivity index (χ1n) is 6.63. The summed E-state index contributed by atoms with van der Waals surface area (Å²) in [7, 11) is -3.26. The number of hydrogen-bond donors (Lipinski definition) is 1. The molecule has 0 bridgehead atoms. The van der Waals surface area contributed by atoms with Crippen LogP contribution in [0.3, 0.4) is 0 Å². The van der Waals surface area contributed by atoms with E-state index in [1.54, 1.807) is 0 Å². The first kappa shape index (κ1) is 17.2. The maximum absolute atomic E-state index is 11.9. The number of nitrogens with zero attached hydrogens (tertiary/aromatic N) is 1. The monoisotopic (exact) mass is 312 g/mol. The fourth-order valence-electron chi connectivity index (χ4n) is 2.05. The molecule has 0 amide bonds. The van der Waals surface area contributed by atoms with Crippen molar-refractivity contribution in [2.45, 2.75) is 26.3 Å². The van der Waals surface area contributed by atoms with Gasteiger partial charge in [-0.05, 0) is 19.8 Å². The largest absolute Gasteiger partial charge is 0.379 e. The van der Waals surface area contributed by atoms with Crippen LogP contribution < -0.4 is 4.72 Å². The quantitative estimate of drug-likeness (QED) is 0.709. The predicted molar refractivity (Wildman–Crippen MR) is 78.1 cm³/mol. The number of nitrogens with one attached hydrogen (secondary N) is 1. The van der Waals surface area contributed by atoms with Gasteiger partial charge in [0.2, 0.25) is 10.0 Å². The standard InChI is InChI=1S/C12H25ClN2O3S/c1-11(8-13)9-19(16,17)14-10-12(2,3)15-4-6-18-7-5-15/h11,14H,4-10H2,1-3H3. The fraction of sp³-hybridized carbons (Fsp3) is 1.00. The highest BCUT2D eigenvalue weighted by Crippen LogP contribution is 2.15. The van der Waals surface area contributed by atoms with Gasteiger partial charge in [0, 0.05) is 31.1 Å². The molecule has 1 rings (SSSR count). The molecule has 1 saturated heterocycles. The number of ether oxygens (including phenoxy) is 1. The van der Waals surface area contributed by atoms with Crippen molar-refractivity contribution < 1.29 is 13.2 Å². The van der Waals surface area contributed by atoms with Gasteiger partial charge in [0.25, 0.3) is 0 Å². The molecule has 0 aromatic rings. The van der Waals surface area contributed by atoms with Gasteiger partial charge in [0.1, 0.15) is 0 Å². The minimum absolute atomic E-state index is 0.0364. The van der Waals surface area contributed by atoms with E-state index in [0.717, 1.165) is 13.1 Å². The van der Waals surface area contributed by atoms with E-state index in [2.05, 4.69) is 9.62 Å². The normalized spacial score (nSPS) is 20.4. The minimum Gasteiger partial charge on any atom is -0.379 e. The van der Waals surface area contributed by atoms with E-state index in [1.165, 1.54) is 0 Å². The van der Waals surface area contributed by atoms with Crippen LogP contribution in [0.4, 0.5) is 0 Å². The Morgan fingerprint density at radius 1 is 1.37 bits per heavy atom. The molecule has 0 aromatic carbocycles. The van der Waals surface area contributed by atoms with Crippen LogP contribution >= 0.6 is 11.6 Å². The van der Waals surface area contributed by atoms with E-state index in [1.807, 2.05) is 20.8 Å². The lowest BCUT2D eigenvalue weighted by Gasteiger charge is -2.40. The number of halogens is 1. The van der Waals surface area contributed by atoms with Crippen LogP contribution in [0.1, 0.15) is 20.8 Å². The topological polar surface area (TPSA) is 58.6 Å². The molecule has 1 aliphatic rings. The highest BCUT2D eigenvalue weighted by Gasteiger charge is 2.29. The molecule has 1 aliphatic heterocycles. The molecular weight excluding hydrogens is 288 g/mol. The molecule has 1 heterocycles. The van der Waals surface area contributed by atoms with Crippen molar-refractivity contribution in [2.24, 2.45) is 5.92 Å². The van der Waals surface area contributed by atoms with Gasteiger partial charge < -0.3 is 4.74 Å². The molecule has 1 N–H and O–H groups in total. The molecule has 1 unspecified atom stereocenters. The van der Waals surface area contributed by atoms with Crippen LogP contribution in [-0.2, 0) is 14.8 Å². The fourth-order valence-corrected chi connectivity index (χ4v) is 3.84. The molecule has 0 saturated carbocycles. The Morgan fingerprint density at radius 3 is 2.47 bits per heavy atom. The number of rotatable bonds is 7. The molecule has 1 atom stereocenters. The molecule has 7 heteroatoms. The van der Waals surface area contributed by atoms with E-state index in [-0.39, 0.29) is 17.2 Å². The summed E-state index contributed by atoms with van der Waals surface area (Å²) in [6, 6.07) is 0. The van der Waals surface area contributed by atoms with Crippen molar-refractivity contribution in [3.05, 3.63) is 0 Å². The molecular formula is C12H25ClN2O3S. The highest BCUT2D eigenvalue weighted by molar-refractivity contribution is 7.89.